The van der Waals surface area contributed by atoms with Gasteiger partial charge < -0.3 is 25.7 Å². The maximum absolute atomic E-state index is 13.8. The summed E-state index contributed by atoms with van der Waals surface area (Å²) in [6, 6.07) is 15.4. The van der Waals surface area contributed by atoms with Crippen LogP contribution in [-0.4, -0.2) is 59.7 Å². The van der Waals surface area contributed by atoms with Crippen LogP contribution in [0.5, 0.6) is 0 Å². The lowest BCUT2D eigenvalue weighted by Gasteiger charge is -2.39. The van der Waals surface area contributed by atoms with Gasteiger partial charge >= 0.3 is 6.09 Å². The van der Waals surface area contributed by atoms with E-state index >= 15 is 0 Å². The van der Waals surface area contributed by atoms with Gasteiger partial charge in [0.05, 0.1) is 27.3 Å². The lowest BCUT2D eigenvalue weighted by atomic mass is 9.89. The summed E-state index contributed by atoms with van der Waals surface area (Å²) in [6.45, 7) is 8.56. The van der Waals surface area contributed by atoms with Gasteiger partial charge in [0.1, 0.15) is 10.6 Å². The van der Waals surface area contributed by atoms with Gasteiger partial charge in [-0.1, -0.05) is 48.0 Å². The zero-order valence-corrected chi connectivity index (χ0v) is 24.9. The lowest BCUT2D eigenvalue weighted by Crippen LogP contribution is -2.61. The largest absolute Gasteiger partial charge is 0.444 e. The molecule has 2 aromatic heterocycles. The van der Waals surface area contributed by atoms with Crippen molar-refractivity contribution in [2.45, 2.75) is 61.2 Å². The Kier molecular flexibility index (Phi) is 7.71. The molecule has 1 amide bonds. The van der Waals surface area contributed by atoms with Crippen molar-refractivity contribution in [3.05, 3.63) is 65.8 Å². The van der Waals surface area contributed by atoms with E-state index in [1.807, 2.05) is 52.0 Å². The molecule has 41 heavy (non-hydrogen) atoms. The highest BCUT2D eigenvalue weighted by atomic mass is 35.5. The number of anilines is 1. The van der Waals surface area contributed by atoms with E-state index in [0.29, 0.717) is 36.0 Å². The molecule has 4 N–H and O–H groups in total. The first-order chi connectivity index (χ1) is 19.3. The summed E-state index contributed by atoms with van der Waals surface area (Å²) in [4.78, 5) is 24.8. The molecule has 4 aromatic rings. The van der Waals surface area contributed by atoms with Crippen molar-refractivity contribution in [1.82, 2.24) is 25.6 Å². The Morgan fingerprint density at radius 3 is 2.56 bits per heavy atom. The number of halogens is 1. The number of nitrogens with zero attached hydrogens (tertiary/aromatic N) is 2. The van der Waals surface area contributed by atoms with Crippen molar-refractivity contribution < 1.29 is 17.9 Å². The fourth-order valence-corrected chi connectivity index (χ4v) is 6.68. The SMILES string of the molecule is CC(C)(C)OC(=O)N[C@]1(C)CNCC(Nc2ncc(Cl)c(-c3c(S(=O)(=O)c4ccccc4)[nH]c4ccccc34)n2)C1. The second-order valence-electron chi connectivity index (χ2n) is 11.4. The third-order valence-electron chi connectivity index (χ3n) is 6.71. The molecule has 12 heteroatoms. The molecule has 5 rings (SSSR count). The van der Waals surface area contributed by atoms with Crippen LogP contribution in [0.15, 0.2) is 70.7 Å². The summed E-state index contributed by atoms with van der Waals surface area (Å²) in [5.41, 5.74) is 0.110. The third-order valence-corrected chi connectivity index (χ3v) is 8.73. The molecule has 1 unspecified atom stereocenters. The van der Waals surface area contributed by atoms with Crippen molar-refractivity contribution in [2.75, 3.05) is 18.4 Å². The van der Waals surface area contributed by atoms with Crippen LogP contribution in [0.4, 0.5) is 10.7 Å². The van der Waals surface area contributed by atoms with Crippen molar-refractivity contribution in [1.29, 1.82) is 0 Å². The zero-order valence-electron chi connectivity index (χ0n) is 23.3. The number of hydrogen-bond acceptors (Lipinski definition) is 8. The number of para-hydroxylation sites is 1. The standard InChI is InChI=1S/C29H33ClN6O4S/c1-28(2,3)40-27(37)36-29(4)14-18(15-31-17-29)33-26-32-16-21(30)24(35-26)23-20-12-8-9-13-22(20)34-25(23)41(38,39)19-10-6-5-7-11-19/h5-13,16,18,31,34H,14-15,17H2,1-4H3,(H,36,37)(H,32,33,35)/t18?,29-/m0/s1. The number of carbonyl (C=O) groups excluding carboxylic acids is 1. The molecule has 2 atom stereocenters. The molecule has 10 nitrogen and oxygen atoms in total. The van der Waals surface area contributed by atoms with E-state index in [2.05, 4.69) is 25.9 Å². The van der Waals surface area contributed by atoms with Crippen molar-refractivity contribution in [2.24, 2.45) is 0 Å². The van der Waals surface area contributed by atoms with E-state index in [4.69, 9.17) is 21.3 Å². The Bertz CT molecular complexity index is 1690. The van der Waals surface area contributed by atoms with E-state index in [0.717, 1.165) is 0 Å². The number of hydrogen-bond donors (Lipinski definition) is 4. The number of aromatic amines is 1. The number of piperidine rings is 1. The summed E-state index contributed by atoms with van der Waals surface area (Å²) in [5, 5.41) is 10.5. The van der Waals surface area contributed by atoms with Gasteiger partial charge in [0, 0.05) is 35.6 Å². The quantitative estimate of drug-likeness (QED) is 0.239. The highest BCUT2D eigenvalue weighted by molar-refractivity contribution is 7.91. The Hall–Kier alpha value is -3.67. The number of sulfone groups is 1. The molecule has 1 fully saturated rings. The predicted molar refractivity (Wildman–Crippen MR) is 159 cm³/mol. The molecule has 1 saturated heterocycles. The first-order valence-corrected chi connectivity index (χ1v) is 15.1. The maximum Gasteiger partial charge on any atom is 0.408 e. The van der Waals surface area contributed by atoms with E-state index in [1.54, 1.807) is 30.3 Å². The minimum absolute atomic E-state index is 0.00455. The molecule has 0 aliphatic carbocycles. The molecule has 0 spiro atoms. The fraction of sp³-hybridized carbons (Fsp3) is 0.345. The van der Waals surface area contributed by atoms with Crippen LogP contribution in [0.1, 0.15) is 34.1 Å². The highest BCUT2D eigenvalue weighted by Crippen LogP contribution is 2.39. The number of benzene rings is 2. The van der Waals surface area contributed by atoms with Crippen molar-refractivity contribution in [3.8, 4) is 11.3 Å². The van der Waals surface area contributed by atoms with Crippen LogP contribution in [-0.2, 0) is 14.6 Å². The number of fused-ring (bicyclic) bond motifs is 1. The second-order valence-corrected chi connectivity index (χ2v) is 13.7. The fourth-order valence-electron chi connectivity index (χ4n) is 5.02. The predicted octanol–water partition coefficient (Wildman–Crippen LogP) is 5.17. The van der Waals surface area contributed by atoms with Gasteiger partial charge in [-0.15, -0.1) is 0 Å². The average molecular weight is 597 g/mol. The molecule has 0 bridgehead atoms. The summed E-state index contributed by atoms with van der Waals surface area (Å²) >= 11 is 6.62. The first kappa shape index (κ1) is 28.8. The minimum atomic E-state index is -3.93. The van der Waals surface area contributed by atoms with E-state index in [1.165, 1.54) is 6.20 Å². The van der Waals surface area contributed by atoms with Gasteiger partial charge in [-0.05, 0) is 52.3 Å². The van der Waals surface area contributed by atoms with Crippen LogP contribution in [0.3, 0.4) is 0 Å². The van der Waals surface area contributed by atoms with Crippen molar-refractivity contribution >= 4 is 44.4 Å². The van der Waals surface area contributed by atoms with E-state index < -0.39 is 27.1 Å². The summed E-state index contributed by atoms with van der Waals surface area (Å²) < 4.78 is 33.0. The number of alkyl carbamates (subject to hydrolysis) is 1. The maximum atomic E-state index is 13.8. The molecule has 1 aliphatic rings. The highest BCUT2D eigenvalue weighted by Gasteiger charge is 2.35. The van der Waals surface area contributed by atoms with Crippen LogP contribution >= 0.6 is 11.6 Å². The van der Waals surface area contributed by atoms with Gasteiger partial charge in [0.15, 0.2) is 0 Å². The second kappa shape index (κ2) is 11.0. The van der Waals surface area contributed by atoms with Crippen LogP contribution < -0.4 is 16.0 Å². The smallest absolute Gasteiger partial charge is 0.408 e. The van der Waals surface area contributed by atoms with Crippen LogP contribution in [0.2, 0.25) is 5.02 Å². The molecule has 0 radical (unpaired) electrons. The monoisotopic (exact) mass is 596 g/mol. The van der Waals surface area contributed by atoms with Gasteiger partial charge in [0.2, 0.25) is 15.8 Å². The summed E-state index contributed by atoms with van der Waals surface area (Å²) in [5.74, 6) is 0.283. The Balaban J connectivity index is 1.47. The number of aromatic nitrogens is 3. The van der Waals surface area contributed by atoms with Gasteiger partial charge in [-0.25, -0.2) is 23.2 Å². The normalized spacial score (nSPS) is 19.6. The molecule has 3 heterocycles. The number of rotatable bonds is 6. The number of amides is 1. The van der Waals surface area contributed by atoms with E-state index in [9.17, 15) is 13.2 Å². The van der Waals surface area contributed by atoms with Crippen LogP contribution in [0, 0.1) is 0 Å². The Morgan fingerprint density at radius 2 is 1.83 bits per heavy atom. The topological polar surface area (TPSA) is 138 Å². The first-order valence-electron chi connectivity index (χ1n) is 13.3. The van der Waals surface area contributed by atoms with Crippen molar-refractivity contribution in [3.63, 3.8) is 0 Å². The summed E-state index contributed by atoms with van der Waals surface area (Å²) in [7, 11) is -3.93. The zero-order chi connectivity index (χ0) is 29.4. The molecule has 1 aliphatic heterocycles. The molecule has 0 saturated carbocycles. The van der Waals surface area contributed by atoms with Gasteiger partial charge in [0.25, 0.3) is 0 Å². The molecule has 2 aromatic carbocycles. The average Bonchev–Trinajstić information content (AvgIpc) is 3.29. The lowest BCUT2D eigenvalue weighted by molar-refractivity contribution is 0.0445. The number of nitrogens with one attached hydrogen (secondary N) is 4. The Morgan fingerprint density at radius 1 is 1.12 bits per heavy atom. The molecular formula is C29H33ClN6O4S. The number of carbonyl (C=O) groups is 1. The van der Waals surface area contributed by atoms with Gasteiger partial charge in [-0.2, -0.15) is 0 Å². The van der Waals surface area contributed by atoms with Gasteiger partial charge in [-0.3, -0.25) is 0 Å². The van der Waals surface area contributed by atoms with E-state index in [-0.39, 0.29) is 32.6 Å². The summed E-state index contributed by atoms with van der Waals surface area (Å²) in [6.07, 6.45) is 1.54. The molecule has 216 valence electrons. The third kappa shape index (κ3) is 6.32. The molecular weight excluding hydrogens is 564 g/mol. The van der Waals surface area contributed by atoms with Crippen LogP contribution in [0.25, 0.3) is 22.2 Å². The Labute approximate surface area is 244 Å². The number of ether oxygens (including phenoxy) is 1. The minimum Gasteiger partial charge on any atom is -0.444 e. The number of H-pyrrole nitrogens is 1.